The van der Waals surface area contributed by atoms with Crippen LogP contribution < -0.4 is 5.32 Å². The molecule has 0 saturated carbocycles. The third-order valence-corrected chi connectivity index (χ3v) is 14.5. The first-order valence-electron chi connectivity index (χ1n) is 29.2. The highest BCUT2D eigenvalue weighted by Gasteiger charge is 2.44. The number of ether oxygens (including phenoxy) is 2. The highest BCUT2D eigenvalue weighted by molar-refractivity contribution is 5.76. The number of carbonyl (C=O) groups excluding carboxylic acids is 1. The largest absolute Gasteiger partial charge is 0.394 e. The predicted octanol–water partition coefficient (Wildman–Crippen LogP) is 14.2. The van der Waals surface area contributed by atoms with Crippen molar-refractivity contribution in [2.75, 3.05) is 13.2 Å². The van der Waals surface area contributed by atoms with Gasteiger partial charge in [0.15, 0.2) is 6.29 Å². The molecule has 0 aromatic heterocycles. The fourth-order valence-electron chi connectivity index (χ4n) is 9.81. The van der Waals surface area contributed by atoms with Crippen molar-refractivity contribution < 1.29 is 39.8 Å². The molecule has 1 saturated heterocycles. The second-order valence-electron chi connectivity index (χ2n) is 20.8. The number of rotatable bonds is 51. The zero-order valence-corrected chi connectivity index (χ0v) is 43.7. The average molecular weight is 941 g/mol. The molecule has 9 nitrogen and oxygen atoms in total. The highest BCUT2D eigenvalue weighted by atomic mass is 16.7. The van der Waals surface area contributed by atoms with E-state index in [1.807, 2.05) is 0 Å². The summed E-state index contributed by atoms with van der Waals surface area (Å²) in [5.74, 6) is -0.140. The number of nitrogens with one attached hydrogen (secondary N) is 1. The van der Waals surface area contributed by atoms with Crippen LogP contribution in [0.4, 0.5) is 0 Å². The minimum absolute atomic E-state index is 0.131. The maximum Gasteiger partial charge on any atom is 0.220 e. The van der Waals surface area contributed by atoms with Gasteiger partial charge in [-0.05, 0) is 12.8 Å². The summed E-state index contributed by atoms with van der Waals surface area (Å²) in [4.78, 5) is 13.0. The third kappa shape index (κ3) is 37.1. The highest BCUT2D eigenvalue weighted by Crippen LogP contribution is 2.23. The fraction of sp³-hybridized carbons (Fsp3) is 0.982. The van der Waals surface area contributed by atoms with E-state index in [1.165, 1.54) is 238 Å². The molecule has 1 rings (SSSR count). The van der Waals surface area contributed by atoms with E-state index in [0.717, 1.165) is 38.5 Å². The van der Waals surface area contributed by atoms with E-state index < -0.39 is 49.5 Å². The van der Waals surface area contributed by atoms with Crippen molar-refractivity contribution in [1.29, 1.82) is 0 Å². The van der Waals surface area contributed by atoms with Crippen LogP contribution in [0, 0.1) is 0 Å². The molecule has 1 aliphatic heterocycles. The van der Waals surface area contributed by atoms with Crippen LogP contribution >= 0.6 is 0 Å². The minimum atomic E-state index is -1.55. The molecule has 1 aliphatic rings. The molecule has 0 aromatic rings. The van der Waals surface area contributed by atoms with Gasteiger partial charge in [-0.15, -0.1) is 0 Å². The Morgan fingerprint density at radius 3 is 1.08 bits per heavy atom. The first-order valence-corrected chi connectivity index (χ1v) is 29.2. The number of unbranched alkanes of at least 4 members (excludes halogenated alkanes) is 41. The first-order chi connectivity index (χ1) is 32.3. The van der Waals surface area contributed by atoms with E-state index in [9.17, 15) is 30.3 Å². The number of carbonyl (C=O) groups is 1. The number of amides is 1. The van der Waals surface area contributed by atoms with Gasteiger partial charge in [-0.2, -0.15) is 0 Å². The topological polar surface area (TPSA) is 149 Å². The second kappa shape index (κ2) is 47.8. The van der Waals surface area contributed by atoms with Crippen LogP contribution in [0.3, 0.4) is 0 Å². The molecule has 1 heterocycles. The minimum Gasteiger partial charge on any atom is -0.394 e. The molecule has 1 amide bonds. The molecular weight excluding hydrogens is 827 g/mol. The number of hydrogen-bond donors (Lipinski definition) is 6. The number of aliphatic hydroxyl groups excluding tert-OH is 5. The van der Waals surface area contributed by atoms with E-state index in [2.05, 4.69) is 19.2 Å². The number of hydrogen-bond acceptors (Lipinski definition) is 8. The molecule has 6 N–H and O–H groups in total. The fourth-order valence-corrected chi connectivity index (χ4v) is 9.81. The Hall–Kier alpha value is -0.810. The van der Waals surface area contributed by atoms with Crippen molar-refractivity contribution in [3.05, 3.63) is 0 Å². The summed E-state index contributed by atoms with van der Waals surface area (Å²) in [6, 6.07) is -0.712. The molecule has 0 radical (unpaired) electrons. The zero-order valence-electron chi connectivity index (χ0n) is 43.7. The standard InChI is InChI=1S/C57H113NO8/c1-3-5-7-9-11-13-15-16-17-18-19-20-21-22-23-24-25-26-27-28-29-30-31-32-33-34-35-37-38-40-42-44-46-51(60)50(49-65-57-56(64)55(63)54(62)52(48-59)66-57)58-53(61)47-45-43-41-39-36-14-12-10-8-6-4-2/h50-52,54-57,59-60,62-64H,3-49H2,1-2H3,(H,58,61). The molecule has 9 heteroatoms. The Morgan fingerprint density at radius 1 is 0.455 bits per heavy atom. The number of aliphatic hydroxyl groups is 5. The maximum atomic E-state index is 13.0. The lowest BCUT2D eigenvalue weighted by molar-refractivity contribution is -0.302. The molecular formula is C57H113NO8. The molecule has 7 unspecified atom stereocenters. The van der Waals surface area contributed by atoms with Crippen molar-refractivity contribution in [2.24, 2.45) is 0 Å². The van der Waals surface area contributed by atoms with Crippen LogP contribution in [0.15, 0.2) is 0 Å². The summed E-state index contributed by atoms with van der Waals surface area (Å²) in [6.07, 6.45) is 50.2. The van der Waals surface area contributed by atoms with Crippen LogP contribution in [0.2, 0.25) is 0 Å². The van der Waals surface area contributed by atoms with Gasteiger partial charge < -0.3 is 40.3 Å². The molecule has 0 aliphatic carbocycles. The van der Waals surface area contributed by atoms with Crippen molar-refractivity contribution in [2.45, 2.75) is 346 Å². The van der Waals surface area contributed by atoms with Crippen molar-refractivity contribution >= 4 is 5.91 Å². The second-order valence-corrected chi connectivity index (χ2v) is 20.8. The Kier molecular flexibility index (Phi) is 45.8. The normalized spacial score (nSPS) is 19.7. The first kappa shape index (κ1) is 63.2. The molecule has 0 spiro atoms. The molecule has 0 aromatic carbocycles. The quantitative estimate of drug-likeness (QED) is 0.0330. The lowest BCUT2D eigenvalue weighted by Crippen LogP contribution is -2.60. The van der Waals surface area contributed by atoms with Crippen molar-refractivity contribution in [3.63, 3.8) is 0 Å². The Labute approximate surface area is 408 Å². The van der Waals surface area contributed by atoms with Crippen LogP contribution in [0.5, 0.6) is 0 Å². The predicted molar refractivity (Wildman–Crippen MR) is 277 cm³/mol. The van der Waals surface area contributed by atoms with E-state index in [-0.39, 0.29) is 12.5 Å². The van der Waals surface area contributed by atoms with Gasteiger partial charge in [0.2, 0.25) is 5.91 Å². The van der Waals surface area contributed by atoms with Gasteiger partial charge in [0.25, 0.3) is 0 Å². The smallest absolute Gasteiger partial charge is 0.220 e. The molecule has 66 heavy (non-hydrogen) atoms. The SMILES string of the molecule is CCCCCCCCCCCCCCCCCCCCCCCCCCCCCCCCCCC(O)C(COC1OC(CO)C(O)C(O)C1O)NC(=O)CCCCCCCCCCCCC. The molecule has 394 valence electrons. The van der Waals surface area contributed by atoms with Gasteiger partial charge in [0.1, 0.15) is 24.4 Å². The summed E-state index contributed by atoms with van der Waals surface area (Å²) in [7, 11) is 0. The van der Waals surface area contributed by atoms with Gasteiger partial charge in [0, 0.05) is 6.42 Å². The van der Waals surface area contributed by atoms with Gasteiger partial charge in [0.05, 0.1) is 25.4 Å². The lowest BCUT2D eigenvalue weighted by Gasteiger charge is -2.40. The molecule has 1 fully saturated rings. The average Bonchev–Trinajstić information content (AvgIpc) is 3.32. The summed E-state index contributed by atoms with van der Waals surface area (Å²) < 4.78 is 11.3. The van der Waals surface area contributed by atoms with Gasteiger partial charge >= 0.3 is 0 Å². The Balaban J connectivity index is 2.07. The monoisotopic (exact) mass is 940 g/mol. The van der Waals surface area contributed by atoms with E-state index in [1.54, 1.807) is 0 Å². The van der Waals surface area contributed by atoms with Gasteiger partial charge in [-0.25, -0.2) is 0 Å². The lowest BCUT2D eigenvalue weighted by atomic mass is 9.99. The summed E-state index contributed by atoms with van der Waals surface area (Å²) in [5, 5.41) is 54.5. The van der Waals surface area contributed by atoms with Gasteiger partial charge in [-0.1, -0.05) is 284 Å². The van der Waals surface area contributed by atoms with Crippen LogP contribution in [0.1, 0.15) is 303 Å². The van der Waals surface area contributed by atoms with Crippen molar-refractivity contribution in [1.82, 2.24) is 5.32 Å². The van der Waals surface area contributed by atoms with Crippen LogP contribution in [0.25, 0.3) is 0 Å². The summed E-state index contributed by atoms with van der Waals surface area (Å²) >= 11 is 0. The van der Waals surface area contributed by atoms with E-state index >= 15 is 0 Å². The third-order valence-electron chi connectivity index (χ3n) is 14.5. The Morgan fingerprint density at radius 2 is 0.758 bits per heavy atom. The summed E-state index contributed by atoms with van der Waals surface area (Å²) in [6.45, 7) is 3.86. The molecule has 0 bridgehead atoms. The van der Waals surface area contributed by atoms with Crippen LogP contribution in [-0.4, -0.2) is 87.5 Å². The zero-order chi connectivity index (χ0) is 48.0. The summed E-state index contributed by atoms with van der Waals surface area (Å²) in [5.41, 5.74) is 0. The van der Waals surface area contributed by atoms with Crippen LogP contribution in [-0.2, 0) is 14.3 Å². The molecule has 7 atom stereocenters. The maximum absolute atomic E-state index is 13.0. The van der Waals surface area contributed by atoms with E-state index in [0.29, 0.717) is 12.8 Å². The van der Waals surface area contributed by atoms with E-state index in [4.69, 9.17) is 9.47 Å². The van der Waals surface area contributed by atoms with Crippen molar-refractivity contribution in [3.8, 4) is 0 Å². The Bertz CT molecular complexity index is 1000. The van der Waals surface area contributed by atoms with Gasteiger partial charge in [-0.3, -0.25) is 4.79 Å².